The van der Waals surface area contributed by atoms with Crippen LogP contribution >= 0.6 is 0 Å². The summed E-state index contributed by atoms with van der Waals surface area (Å²) >= 11 is 0. The summed E-state index contributed by atoms with van der Waals surface area (Å²) in [5, 5.41) is 0. The summed E-state index contributed by atoms with van der Waals surface area (Å²) < 4.78 is 0. The number of Topliss-reactive ketones (excluding diaryl/α,β-unsaturated/α-hetero) is 1. The molecular weight excluding hydrogens is 222 g/mol. The highest BCUT2D eigenvalue weighted by molar-refractivity contribution is 5.81. The molecule has 0 aromatic carbocycles. The van der Waals surface area contributed by atoms with Crippen LogP contribution < -0.4 is 0 Å². The normalized spacial score (nSPS) is 18.6. The molecule has 0 saturated heterocycles. The topological polar surface area (TPSA) is 30.0 Å². The zero-order valence-electron chi connectivity index (χ0n) is 11.5. The maximum absolute atomic E-state index is 12.3. The molecule has 0 spiro atoms. The van der Waals surface area contributed by atoms with Gasteiger partial charge in [0.25, 0.3) is 0 Å². The summed E-state index contributed by atoms with van der Waals surface area (Å²) in [5.41, 5.74) is 2.47. The molecule has 1 unspecified atom stereocenters. The first-order chi connectivity index (χ1) is 8.68. The summed E-state index contributed by atoms with van der Waals surface area (Å²) in [7, 11) is 0. The van der Waals surface area contributed by atoms with E-state index in [1.165, 1.54) is 30.4 Å². The second-order valence-electron chi connectivity index (χ2n) is 5.64. The molecule has 1 aromatic heterocycles. The van der Waals surface area contributed by atoms with Gasteiger partial charge in [0.15, 0.2) is 0 Å². The van der Waals surface area contributed by atoms with Gasteiger partial charge in [-0.3, -0.25) is 9.78 Å². The van der Waals surface area contributed by atoms with Crippen LogP contribution in [0.1, 0.15) is 62.5 Å². The van der Waals surface area contributed by atoms with Crippen LogP contribution in [0.4, 0.5) is 0 Å². The van der Waals surface area contributed by atoms with Gasteiger partial charge in [0.2, 0.25) is 0 Å². The van der Waals surface area contributed by atoms with Crippen molar-refractivity contribution in [1.82, 2.24) is 4.98 Å². The van der Waals surface area contributed by atoms with Crippen LogP contribution in [0.2, 0.25) is 0 Å². The van der Waals surface area contributed by atoms with Crippen molar-refractivity contribution in [2.24, 2.45) is 5.92 Å². The van der Waals surface area contributed by atoms with Gasteiger partial charge in [-0.15, -0.1) is 0 Å². The minimum absolute atomic E-state index is 0.322. The third-order valence-electron chi connectivity index (χ3n) is 4.16. The Kier molecular flexibility index (Phi) is 4.51. The minimum atomic E-state index is 0.322. The highest BCUT2D eigenvalue weighted by Gasteiger charge is 2.23. The molecule has 2 rings (SSSR count). The van der Waals surface area contributed by atoms with Crippen molar-refractivity contribution in [1.29, 1.82) is 0 Å². The summed E-state index contributed by atoms with van der Waals surface area (Å²) in [6.07, 6.45) is 10.4. The quantitative estimate of drug-likeness (QED) is 0.801. The van der Waals surface area contributed by atoms with Gasteiger partial charge in [0.05, 0.1) is 0 Å². The van der Waals surface area contributed by atoms with Crippen molar-refractivity contribution in [2.75, 3.05) is 0 Å². The van der Waals surface area contributed by atoms with Gasteiger partial charge in [-0.05, 0) is 42.9 Å². The molecule has 98 valence electrons. The fourth-order valence-corrected chi connectivity index (χ4v) is 3.04. The number of aryl methyl sites for hydroxylation is 1. The van der Waals surface area contributed by atoms with E-state index in [-0.39, 0.29) is 0 Å². The van der Waals surface area contributed by atoms with Crippen molar-refractivity contribution in [2.45, 2.75) is 58.3 Å². The Bertz CT molecular complexity index is 407. The Morgan fingerprint density at radius 1 is 1.39 bits per heavy atom. The van der Waals surface area contributed by atoms with E-state index < -0.39 is 0 Å². The molecule has 1 atom stereocenters. The van der Waals surface area contributed by atoms with E-state index in [0.717, 1.165) is 12.8 Å². The molecular formula is C16H23NO. The lowest BCUT2D eigenvalue weighted by atomic mass is 9.82. The molecule has 1 heterocycles. The van der Waals surface area contributed by atoms with Crippen molar-refractivity contribution in [3.63, 3.8) is 0 Å². The first kappa shape index (κ1) is 13.3. The van der Waals surface area contributed by atoms with Crippen LogP contribution in [-0.4, -0.2) is 10.8 Å². The van der Waals surface area contributed by atoms with Crippen LogP contribution in [0.3, 0.4) is 0 Å². The van der Waals surface area contributed by atoms with E-state index in [1.54, 1.807) is 0 Å². The molecule has 1 aromatic rings. The number of nitrogens with zero attached hydrogens (tertiary/aromatic N) is 1. The van der Waals surface area contributed by atoms with Crippen molar-refractivity contribution < 1.29 is 4.79 Å². The van der Waals surface area contributed by atoms with Crippen LogP contribution in [0.15, 0.2) is 18.5 Å². The number of aromatic nitrogens is 1. The Balaban J connectivity index is 1.96. The van der Waals surface area contributed by atoms with Crippen LogP contribution in [0.25, 0.3) is 0 Å². The maximum Gasteiger partial charge on any atom is 0.136 e. The fraction of sp³-hybridized carbons (Fsp3) is 0.625. The van der Waals surface area contributed by atoms with Gasteiger partial charge in [0, 0.05) is 24.7 Å². The Morgan fingerprint density at radius 3 is 2.78 bits per heavy atom. The molecule has 1 fully saturated rings. The first-order valence-corrected chi connectivity index (χ1v) is 7.11. The van der Waals surface area contributed by atoms with Gasteiger partial charge in [-0.1, -0.05) is 26.2 Å². The van der Waals surface area contributed by atoms with Crippen molar-refractivity contribution in [3.8, 4) is 0 Å². The van der Waals surface area contributed by atoms with Crippen LogP contribution in [0.5, 0.6) is 0 Å². The molecule has 0 bridgehead atoms. The molecule has 0 N–H and O–H groups in total. The first-order valence-electron chi connectivity index (χ1n) is 7.11. The highest BCUT2D eigenvalue weighted by Crippen LogP contribution is 2.29. The number of carbonyl (C=O) groups excluding carboxylic acids is 1. The second kappa shape index (κ2) is 6.12. The predicted molar refractivity (Wildman–Crippen MR) is 73.6 cm³/mol. The maximum atomic E-state index is 12.3. The summed E-state index contributed by atoms with van der Waals surface area (Å²) in [6.45, 7) is 4.23. The zero-order valence-corrected chi connectivity index (χ0v) is 11.5. The average Bonchev–Trinajstić information content (AvgIpc) is 2.40. The minimum Gasteiger partial charge on any atom is -0.299 e. The molecule has 1 aliphatic rings. The molecule has 1 aliphatic carbocycles. The second-order valence-corrected chi connectivity index (χ2v) is 5.64. The van der Waals surface area contributed by atoms with E-state index >= 15 is 0 Å². The third kappa shape index (κ3) is 3.18. The standard InChI is InChI=1S/C16H23NO/c1-12(15-8-9-17-11-13(15)2)10-16(18)14-6-4-3-5-7-14/h8-9,11-12,14H,3-7,10H2,1-2H3. The fourth-order valence-electron chi connectivity index (χ4n) is 3.04. The SMILES string of the molecule is Cc1cnccc1C(C)CC(=O)C1CCCCC1. The summed E-state index contributed by atoms with van der Waals surface area (Å²) in [4.78, 5) is 16.4. The van der Waals surface area contributed by atoms with Gasteiger partial charge in [-0.2, -0.15) is 0 Å². The molecule has 0 aliphatic heterocycles. The molecule has 0 amide bonds. The number of carbonyl (C=O) groups is 1. The number of pyridine rings is 1. The molecule has 2 heteroatoms. The number of ketones is 1. The average molecular weight is 245 g/mol. The van der Waals surface area contributed by atoms with Crippen LogP contribution in [-0.2, 0) is 4.79 Å². The van der Waals surface area contributed by atoms with Crippen LogP contribution in [0, 0.1) is 12.8 Å². The predicted octanol–water partition coefficient (Wildman–Crippen LogP) is 4.03. The number of hydrogen-bond donors (Lipinski definition) is 0. The molecule has 18 heavy (non-hydrogen) atoms. The van der Waals surface area contributed by atoms with Gasteiger partial charge >= 0.3 is 0 Å². The largest absolute Gasteiger partial charge is 0.299 e. The lowest BCUT2D eigenvalue weighted by Crippen LogP contribution is -2.19. The van der Waals surface area contributed by atoms with Crippen molar-refractivity contribution in [3.05, 3.63) is 29.6 Å². The Labute approximate surface area is 110 Å². The van der Waals surface area contributed by atoms with Gasteiger partial charge in [-0.25, -0.2) is 0 Å². The summed E-state index contributed by atoms with van der Waals surface area (Å²) in [6, 6.07) is 2.05. The Morgan fingerprint density at radius 2 is 2.11 bits per heavy atom. The Hall–Kier alpha value is -1.18. The number of rotatable bonds is 4. The van der Waals surface area contributed by atoms with E-state index in [1.807, 2.05) is 18.5 Å². The van der Waals surface area contributed by atoms with Gasteiger partial charge in [0.1, 0.15) is 5.78 Å². The molecule has 2 nitrogen and oxygen atoms in total. The van der Waals surface area contributed by atoms with E-state index in [4.69, 9.17) is 0 Å². The third-order valence-corrected chi connectivity index (χ3v) is 4.16. The monoisotopic (exact) mass is 245 g/mol. The van der Waals surface area contributed by atoms with Gasteiger partial charge < -0.3 is 0 Å². The highest BCUT2D eigenvalue weighted by atomic mass is 16.1. The van der Waals surface area contributed by atoms with Crippen molar-refractivity contribution >= 4 is 5.78 Å². The molecule has 0 radical (unpaired) electrons. The van der Waals surface area contributed by atoms with E-state index in [2.05, 4.69) is 18.8 Å². The lowest BCUT2D eigenvalue weighted by molar-refractivity contribution is -0.124. The zero-order chi connectivity index (χ0) is 13.0. The molecule has 1 saturated carbocycles. The summed E-state index contributed by atoms with van der Waals surface area (Å²) in [5.74, 6) is 1.13. The smallest absolute Gasteiger partial charge is 0.136 e. The lowest BCUT2D eigenvalue weighted by Gasteiger charge is -2.22. The van der Waals surface area contributed by atoms with E-state index in [0.29, 0.717) is 24.0 Å². The van der Waals surface area contributed by atoms with E-state index in [9.17, 15) is 4.79 Å². The number of hydrogen-bond acceptors (Lipinski definition) is 2.